The third-order valence-corrected chi connectivity index (χ3v) is 7.16. The molecule has 2 fully saturated rings. The van der Waals surface area contributed by atoms with E-state index in [9.17, 15) is 13.2 Å². The van der Waals surface area contributed by atoms with Crippen LogP contribution in [0.4, 0.5) is 0 Å². The number of rotatable bonds is 5. The number of carbonyl (C=O) groups excluding carboxylic acids is 1. The fraction of sp³-hybridized carbons (Fsp3) is 0.500. The molecule has 27 heavy (non-hydrogen) atoms. The van der Waals surface area contributed by atoms with Crippen LogP contribution in [0.15, 0.2) is 30.3 Å². The molecule has 1 aliphatic heterocycles. The lowest BCUT2D eigenvalue weighted by Gasteiger charge is -2.28. The average molecular weight is 388 g/mol. The molecule has 2 aromatic rings. The molecule has 7 heteroatoms. The first-order valence-electron chi connectivity index (χ1n) is 9.45. The molecule has 0 bridgehead atoms. The van der Waals surface area contributed by atoms with Crippen LogP contribution in [0.2, 0.25) is 0 Å². The van der Waals surface area contributed by atoms with E-state index < -0.39 is 9.84 Å². The molecule has 1 saturated carbocycles. The first-order chi connectivity index (χ1) is 12.8. The van der Waals surface area contributed by atoms with Crippen molar-refractivity contribution < 1.29 is 13.2 Å². The standard InChI is InChI=1S/C20H25N3O3S/c1-14-11-15(2)22(21-14)12-16-3-5-17(6-4-16)20(24)23(18-7-8-18)19-9-10-27(25,26)13-19/h3-6,11,18-19H,7-10,12-13H2,1-2H3. The molecular weight excluding hydrogens is 362 g/mol. The monoisotopic (exact) mass is 387 g/mol. The Morgan fingerprint density at radius 1 is 1.15 bits per heavy atom. The van der Waals surface area contributed by atoms with Crippen LogP contribution in [0.3, 0.4) is 0 Å². The molecule has 0 radical (unpaired) electrons. The number of nitrogens with zero attached hydrogens (tertiary/aromatic N) is 3. The zero-order valence-electron chi connectivity index (χ0n) is 15.8. The fourth-order valence-corrected chi connectivity index (χ4v) is 5.60. The van der Waals surface area contributed by atoms with E-state index in [4.69, 9.17) is 0 Å². The van der Waals surface area contributed by atoms with Crippen molar-refractivity contribution in [2.45, 2.75) is 51.7 Å². The van der Waals surface area contributed by atoms with Crippen LogP contribution in [0.25, 0.3) is 0 Å². The van der Waals surface area contributed by atoms with Crippen LogP contribution in [-0.4, -0.2) is 52.6 Å². The SMILES string of the molecule is Cc1cc(C)n(Cc2ccc(C(=O)N(C3CC3)C3CCS(=O)(=O)C3)cc2)n1. The summed E-state index contributed by atoms with van der Waals surface area (Å²) in [6.45, 7) is 4.67. The van der Waals surface area contributed by atoms with E-state index in [1.807, 2.05) is 53.8 Å². The normalized spacial score (nSPS) is 21.3. The Morgan fingerprint density at radius 2 is 1.85 bits per heavy atom. The summed E-state index contributed by atoms with van der Waals surface area (Å²) in [5.74, 6) is 0.248. The quantitative estimate of drug-likeness (QED) is 0.789. The third kappa shape index (κ3) is 3.93. The smallest absolute Gasteiger partial charge is 0.254 e. The maximum Gasteiger partial charge on any atom is 0.254 e. The highest BCUT2D eigenvalue weighted by Gasteiger charge is 2.42. The Labute approximate surface area is 160 Å². The van der Waals surface area contributed by atoms with Gasteiger partial charge < -0.3 is 4.90 Å². The molecule has 144 valence electrons. The second kappa shape index (κ2) is 6.78. The molecule has 1 aromatic heterocycles. The molecular formula is C20H25N3O3S. The maximum atomic E-state index is 13.1. The molecule has 1 amide bonds. The van der Waals surface area contributed by atoms with Gasteiger partial charge in [-0.1, -0.05) is 12.1 Å². The van der Waals surface area contributed by atoms with Crippen molar-refractivity contribution in [1.82, 2.24) is 14.7 Å². The highest BCUT2D eigenvalue weighted by molar-refractivity contribution is 7.91. The number of hydrogen-bond acceptors (Lipinski definition) is 4. The van der Waals surface area contributed by atoms with Crippen LogP contribution in [0.1, 0.15) is 46.6 Å². The molecule has 1 unspecified atom stereocenters. The first-order valence-corrected chi connectivity index (χ1v) is 11.3. The van der Waals surface area contributed by atoms with Crippen molar-refractivity contribution in [2.24, 2.45) is 0 Å². The van der Waals surface area contributed by atoms with Gasteiger partial charge in [0.1, 0.15) is 0 Å². The molecule has 0 spiro atoms. The van der Waals surface area contributed by atoms with Crippen molar-refractivity contribution in [1.29, 1.82) is 0 Å². The van der Waals surface area contributed by atoms with E-state index in [2.05, 4.69) is 5.10 Å². The van der Waals surface area contributed by atoms with Crippen LogP contribution >= 0.6 is 0 Å². The molecule has 1 aliphatic carbocycles. The predicted octanol–water partition coefficient (Wildman–Crippen LogP) is 2.34. The van der Waals surface area contributed by atoms with Gasteiger partial charge in [0, 0.05) is 23.3 Å². The number of amides is 1. The van der Waals surface area contributed by atoms with Gasteiger partial charge in [-0.05, 0) is 56.9 Å². The van der Waals surface area contributed by atoms with Crippen molar-refractivity contribution in [3.63, 3.8) is 0 Å². The maximum absolute atomic E-state index is 13.1. The molecule has 2 aliphatic rings. The van der Waals surface area contributed by atoms with Crippen LogP contribution in [-0.2, 0) is 16.4 Å². The lowest BCUT2D eigenvalue weighted by molar-refractivity contribution is 0.0681. The second-order valence-corrected chi connectivity index (χ2v) is 10.0. The van der Waals surface area contributed by atoms with Crippen LogP contribution in [0.5, 0.6) is 0 Å². The summed E-state index contributed by atoms with van der Waals surface area (Å²) in [4.78, 5) is 14.9. The van der Waals surface area contributed by atoms with E-state index in [0.717, 1.165) is 29.8 Å². The summed E-state index contributed by atoms with van der Waals surface area (Å²) in [5.41, 5.74) is 3.81. The van der Waals surface area contributed by atoms with Crippen LogP contribution in [0, 0.1) is 13.8 Å². The van der Waals surface area contributed by atoms with Gasteiger partial charge in [-0.25, -0.2) is 8.42 Å². The van der Waals surface area contributed by atoms with Gasteiger partial charge in [-0.15, -0.1) is 0 Å². The van der Waals surface area contributed by atoms with E-state index in [1.54, 1.807) is 0 Å². The summed E-state index contributed by atoms with van der Waals surface area (Å²) >= 11 is 0. The average Bonchev–Trinajstić information content (AvgIpc) is 3.30. The molecule has 2 heterocycles. The number of hydrogen-bond donors (Lipinski definition) is 0. The summed E-state index contributed by atoms with van der Waals surface area (Å²) in [7, 11) is -3.01. The Bertz CT molecular complexity index is 959. The zero-order chi connectivity index (χ0) is 19.2. The predicted molar refractivity (Wildman–Crippen MR) is 103 cm³/mol. The van der Waals surface area contributed by atoms with Crippen molar-refractivity contribution in [2.75, 3.05) is 11.5 Å². The highest BCUT2D eigenvalue weighted by Crippen LogP contribution is 2.33. The van der Waals surface area contributed by atoms with Gasteiger partial charge in [0.05, 0.1) is 23.7 Å². The molecule has 1 aromatic carbocycles. The van der Waals surface area contributed by atoms with Gasteiger partial charge >= 0.3 is 0 Å². The third-order valence-electron chi connectivity index (χ3n) is 5.41. The zero-order valence-corrected chi connectivity index (χ0v) is 16.6. The second-order valence-electron chi connectivity index (χ2n) is 7.78. The van der Waals surface area contributed by atoms with E-state index in [1.165, 1.54) is 0 Å². The fourth-order valence-electron chi connectivity index (χ4n) is 3.89. The summed E-state index contributed by atoms with van der Waals surface area (Å²) < 4.78 is 25.6. The number of carbonyl (C=O) groups is 1. The molecule has 4 rings (SSSR count). The lowest BCUT2D eigenvalue weighted by atomic mass is 10.1. The van der Waals surface area contributed by atoms with E-state index >= 15 is 0 Å². The number of aryl methyl sites for hydroxylation is 2. The van der Waals surface area contributed by atoms with E-state index in [0.29, 0.717) is 18.5 Å². The number of sulfone groups is 1. The summed E-state index contributed by atoms with van der Waals surface area (Å²) in [6, 6.07) is 9.68. The molecule has 0 N–H and O–H groups in total. The van der Waals surface area contributed by atoms with Gasteiger partial charge in [0.2, 0.25) is 0 Å². The number of benzene rings is 1. The Morgan fingerprint density at radius 3 is 2.37 bits per heavy atom. The Hall–Kier alpha value is -2.15. The Balaban J connectivity index is 1.50. The first kappa shape index (κ1) is 18.2. The van der Waals surface area contributed by atoms with Gasteiger partial charge in [-0.3, -0.25) is 9.48 Å². The van der Waals surface area contributed by atoms with Gasteiger partial charge in [0.25, 0.3) is 5.91 Å². The van der Waals surface area contributed by atoms with Crippen molar-refractivity contribution in [3.05, 3.63) is 52.8 Å². The van der Waals surface area contributed by atoms with Crippen molar-refractivity contribution in [3.8, 4) is 0 Å². The topological polar surface area (TPSA) is 72.3 Å². The minimum Gasteiger partial charge on any atom is -0.332 e. The lowest BCUT2D eigenvalue weighted by Crippen LogP contribution is -2.42. The highest BCUT2D eigenvalue weighted by atomic mass is 32.2. The summed E-state index contributed by atoms with van der Waals surface area (Å²) in [5, 5.41) is 4.47. The van der Waals surface area contributed by atoms with Crippen LogP contribution < -0.4 is 0 Å². The van der Waals surface area contributed by atoms with E-state index in [-0.39, 0.29) is 29.5 Å². The Kier molecular flexibility index (Phi) is 4.58. The number of aromatic nitrogens is 2. The van der Waals surface area contributed by atoms with Crippen molar-refractivity contribution >= 4 is 15.7 Å². The summed E-state index contributed by atoms with van der Waals surface area (Å²) in [6.07, 6.45) is 2.50. The minimum absolute atomic E-state index is 0.0442. The van der Waals surface area contributed by atoms with Gasteiger partial charge in [-0.2, -0.15) is 5.10 Å². The molecule has 6 nitrogen and oxygen atoms in total. The molecule has 1 atom stereocenters. The molecule has 1 saturated heterocycles. The largest absolute Gasteiger partial charge is 0.332 e. The van der Waals surface area contributed by atoms with Gasteiger partial charge in [0.15, 0.2) is 9.84 Å². The minimum atomic E-state index is -3.01.